The lowest BCUT2D eigenvalue weighted by Gasteiger charge is -2.20. The average molecular weight is 236 g/mol. The molecule has 92 valence electrons. The van der Waals surface area contributed by atoms with E-state index in [1.165, 1.54) is 12.1 Å². The Labute approximate surface area is 100 Å². The van der Waals surface area contributed by atoms with E-state index < -0.39 is 0 Å². The van der Waals surface area contributed by atoms with Gasteiger partial charge in [-0.05, 0) is 29.7 Å². The summed E-state index contributed by atoms with van der Waals surface area (Å²) in [5.74, 6) is -0.0549. The predicted octanol–water partition coefficient (Wildman–Crippen LogP) is 2.28. The number of fused-ring (bicyclic) bond motifs is 1. The van der Waals surface area contributed by atoms with E-state index in [9.17, 15) is 9.18 Å². The molecule has 0 fully saturated rings. The van der Waals surface area contributed by atoms with E-state index in [0.29, 0.717) is 12.2 Å². The van der Waals surface area contributed by atoms with Crippen LogP contribution in [0.25, 0.3) is 0 Å². The topological polar surface area (TPSA) is 41.1 Å². The molecule has 0 saturated heterocycles. The van der Waals surface area contributed by atoms with Gasteiger partial charge in [-0.1, -0.05) is 20.3 Å². The van der Waals surface area contributed by atoms with Gasteiger partial charge in [-0.2, -0.15) is 0 Å². The fraction of sp³-hybridized carbons (Fsp3) is 0.462. The zero-order valence-electron chi connectivity index (χ0n) is 10.1. The standard InChI is InChI=1S/C13H17FN2O/c1-3-8(2)12-13(17)16-11-5-4-10(14)6-9(11)7-15-12/h4-6,8,12,15H,3,7H2,1-2H3,(H,16,17)/t8-,12?/m0/s1. The van der Waals surface area contributed by atoms with E-state index in [1.54, 1.807) is 6.07 Å². The Bertz CT molecular complexity index is 433. The fourth-order valence-electron chi connectivity index (χ4n) is 2.05. The molecule has 0 aliphatic carbocycles. The maximum Gasteiger partial charge on any atom is 0.241 e. The van der Waals surface area contributed by atoms with Gasteiger partial charge in [0.25, 0.3) is 0 Å². The first-order chi connectivity index (χ1) is 8.11. The highest BCUT2D eigenvalue weighted by Crippen LogP contribution is 2.22. The van der Waals surface area contributed by atoms with Crippen LogP contribution < -0.4 is 10.6 Å². The number of hydrogen-bond acceptors (Lipinski definition) is 2. The van der Waals surface area contributed by atoms with E-state index >= 15 is 0 Å². The van der Waals surface area contributed by atoms with Crippen LogP contribution >= 0.6 is 0 Å². The highest BCUT2D eigenvalue weighted by atomic mass is 19.1. The van der Waals surface area contributed by atoms with E-state index in [2.05, 4.69) is 17.6 Å². The van der Waals surface area contributed by atoms with E-state index in [4.69, 9.17) is 0 Å². The summed E-state index contributed by atoms with van der Waals surface area (Å²) in [5, 5.41) is 6.03. The number of halogens is 1. The third-order valence-corrected chi connectivity index (χ3v) is 3.33. The molecule has 2 rings (SSSR count). The Morgan fingerprint density at radius 3 is 3.00 bits per heavy atom. The number of rotatable bonds is 2. The van der Waals surface area contributed by atoms with E-state index in [-0.39, 0.29) is 23.7 Å². The van der Waals surface area contributed by atoms with Gasteiger partial charge in [0.15, 0.2) is 0 Å². The lowest BCUT2D eigenvalue weighted by molar-refractivity contribution is -0.119. The van der Waals surface area contributed by atoms with Crippen molar-refractivity contribution in [2.24, 2.45) is 5.92 Å². The second-order valence-electron chi connectivity index (χ2n) is 4.53. The monoisotopic (exact) mass is 236 g/mol. The minimum Gasteiger partial charge on any atom is -0.324 e. The second-order valence-corrected chi connectivity index (χ2v) is 4.53. The molecule has 1 aromatic rings. The molecule has 2 atom stereocenters. The Morgan fingerprint density at radius 2 is 2.29 bits per heavy atom. The van der Waals surface area contributed by atoms with Crippen LogP contribution in [0.4, 0.5) is 10.1 Å². The van der Waals surface area contributed by atoms with Crippen LogP contribution in [0.5, 0.6) is 0 Å². The Kier molecular flexibility index (Phi) is 3.43. The fourth-order valence-corrected chi connectivity index (χ4v) is 2.05. The van der Waals surface area contributed by atoms with E-state index in [0.717, 1.165) is 12.0 Å². The smallest absolute Gasteiger partial charge is 0.241 e. The number of nitrogens with one attached hydrogen (secondary N) is 2. The summed E-state index contributed by atoms with van der Waals surface area (Å²) in [7, 11) is 0. The molecule has 4 heteroatoms. The maximum absolute atomic E-state index is 13.1. The molecule has 2 N–H and O–H groups in total. The van der Waals surface area contributed by atoms with Gasteiger partial charge in [-0.15, -0.1) is 0 Å². The van der Waals surface area contributed by atoms with Crippen LogP contribution in [0.2, 0.25) is 0 Å². The first kappa shape index (κ1) is 12.0. The van der Waals surface area contributed by atoms with Gasteiger partial charge in [0, 0.05) is 12.2 Å². The molecule has 0 bridgehead atoms. The van der Waals surface area contributed by atoms with Crippen molar-refractivity contribution in [2.45, 2.75) is 32.9 Å². The summed E-state index contributed by atoms with van der Waals surface area (Å²) in [6.07, 6.45) is 0.926. The molecule has 1 amide bonds. The van der Waals surface area contributed by atoms with Crippen LogP contribution in [-0.2, 0) is 11.3 Å². The molecule has 0 saturated carbocycles. The molecular weight excluding hydrogens is 219 g/mol. The summed E-state index contributed by atoms with van der Waals surface area (Å²) in [6, 6.07) is 4.23. The molecular formula is C13H17FN2O. The first-order valence-corrected chi connectivity index (χ1v) is 5.94. The van der Waals surface area contributed by atoms with Crippen LogP contribution in [0, 0.1) is 11.7 Å². The van der Waals surface area contributed by atoms with Crippen LogP contribution in [0.15, 0.2) is 18.2 Å². The maximum atomic E-state index is 13.1. The van der Waals surface area contributed by atoms with Gasteiger partial charge in [-0.3, -0.25) is 4.79 Å². The normalized spacial score (nSPS) is 21.4. The molecule has 1 aromatic carbocycles. The zero-order valence-corrected chi connectivity index (χ0v) is 10.1. The minimum atomic E-state index is -0.276. The summed E-state index contributed by atoms with van der Waals surface area (Å²) >= 11 is 0. The van der Waals surface area contributed by atoms with E-state index in [1.807, 2.05) is 6.92 Å². The molecule has 1 heterocycles. The third-order valence-electron chi connectivity index (χ3n) is 3.33. The molecule has 0 radical (unpaired) electrons. The first-order valence-electron chi connectivity index (χ1n) is 5.94. The zero-order chi connectivity index (χ0) is 12.4. The van der Waals surface area contributed by atoms with Crippen molar-refractivity contribution in [2.75, 3.05) is 5.32 Å². The van der Waals surface area contributed by atoms with Gasteiger partial charge < -0.3 is 10.6 Å². The number of hydrogen-bond donors (Lipinski definition) is 2. The summed E-state index contributed by atoms with van der Waals surface area (Å²) in [4.78, 5) is 12.0. The van der Waals surface area contributed by atoms with Gasteiger partial charge >= 0.3 is 0 Å². The SMILES string of the molecule is CC[C@H](C)C1NCc2cc(F)ccc2NC1=O. The van der Waals surface area contributed by atoms with Gasteiger partial charge in [0.2, 0.25) is 5.91 Å². The third kappa shape index (κ3) is 2.47. The number of carbonyl (C=O) groups excluding carboxylic acids is 1. The summed E-state index contributed by atoms with van der Waals surface area (Å²) in [6.45, 7) is 4.60. The molecule has 0 spiro atoms. The summed E-state index contributed by atoms with van der Waals surface area (Å²) < 4.78 is 13.1. The average Bonchev–Trinajstić information content (AvgIpc) is 2.47. The van der Waals surface area contributed by atoms with Crippen molar-refractivity contribution < 1.29 is 9.18 Å². The molecule has 0 aromatic heterocycles. The van der Waals surface area contributed by atoms with Crippen LogP contribution in [0.3, 0.4) is 0 Å². The van der Waals surface area contributed by atoms with Crippen molar-refractivity contribution in [3.63, 3.8) is 0 Å². The van der Waals surface area contributed by atoms with Gasteiger partial charge in [0.1, 0.15) is 5.82 Å². The molecule has 3 nitrogen and oxygen atoms in total. The number of benzene rings is 1. The van der Waals surface area contributed by atoms with Crippen molar-refractivity contribution in [1.29, 1.82) is 0 Å². The number of anilines is 1. The lowest BCUT2D eigenvalue weighted by Crippen LogP contribution is -2.42. The summed E-state index contributed by atoms with van der Waals surface area (Å²) in [5.41, 5.74) is 1.50. The van der Waals surface area contributed by atoms with Crippen molar-refractivity contribution in [1.82, 2.24) is 5.32 Å². The van der Waals surface area contributed by atoms with Crippen molar-refractivity contribution in [3.05, 3.63) is 29.6 Å². The number of carbonyl (C=O) groups is 1. The largest absolute Gasteiger partial charge is 0.324 e. The number of amides is 1. The molecule has 1 aliphatic heterocycles. The Hall–Kier alpha value is -1.42. The van der Waals surface area contributed by atoms with Gasteiger partial charge in [0.05, 0.1) is 6.04 Å². The highest BCUT2D eigenvalue weighted by Gasteiger charge is 2.26. The second kappa shape index (κ2) is 4.84. The molecule has 17 heavy (non-hydrogen) atoms. The van der Waals surface area contributed by atoms with Crippen LogP contribution in [-0.4, -0.2) is 11.9 Å². The highest BCUT2D eigenvalue weighted by molar-refractivity contribution is 5.96. The van der Waals surface area contributed by atoms with Crippen molar-refractivity contribution in [3.8, 4) is 0 Å². The van der Waals surface area contributed by atoms with Crippen LogP contribution in [0.1, 0.15) is 25.8 Å². The predicted molar refractivity (Wildman–Crippen MR) is 65.1 cm³/mol. The minimum absolute atomic E-state index is 0.0373. The van der Waals surface area contributed by atoms with Crippen molar-refractivity contribution >= 4 is 11.6 Å². The molecule has 1 unspecified atom stereocenters. The molecule has 1 aliphatic rings. The Balaban J connectivity index is 2.25. The Morgan fingerprint density at radius 1 is 1.53 bits per heavy atom. The lowest BCUT2D eigenvalue weighted by atomic mass is 9.98. The van der Waals surface area contributed by atoms with Gasteiger partial charge in [-0.25, -0.2) is 4.39 Å². The quantitative estimate of drug-likeness (QED) is 0.827.